The van der Waals surface area contributed by atoms with E-state index in [1.54, 1.807) is 13.0 Å². The number of carbonyl (C=O) groups is 1. The highest BCUT2D eigenvalue weighted by Crippen LogP contribution is 2.16. The van der Waals surface area contributed by atoms with Gasteiger partial charge in [0.05, 0.1) is 5.88 Å². The molecule has 90 valence electrons. The number of nitrogens with zero attached hydrogens (tertiary/aromatic N) is 1. The molecule has 1 rings (SSSR count). The number of alkyl halides is 1. The molecular weight excluding hydrogens is 228 g/mol. The minimum absolute atomic E-state index is 0.193. The lowest BCUT2D eigenvalue weighted by molar-refractivity contribution is 0.0922. The van der Waals surface area contributed by atoms with Crippen molar-refractivity contribution in [1.82, 2.24) is 10.2 Å². The molecule has 0 spiro atoms. The zero-order chi connectivity index (χ0) is 12.1. The normalized spacial score (nSPS) is 10.8. The van der Waals surface area contributed by atoms with Gasteiger partial charge in [-0.2, -0.15) is 0 Å². The summed E-state index contributed by atoms with van der Waals surface area (Å²) in [6.07, 6.45) is 0. The smallest absolute Gasteiger partial charge is 0.287 e. The third-order valence-electron chi connectivity index (χ3n) is 2.23. The molecule has 1 heterocycles. The molecule has 0 aliphatic rings. The van der Waals surface area contributed by atoms with E-state index in [-0.39, 0.29) is 5.91 Å². The summed E-state index contributed by atoms with van der Waals surface area (Å²) >= 11 is 5.70. The molecule has 0 aliphatic carbocycles. The first-order valence-corrected chi connectivity index (χ1v) is 5.66. The van der Waals surface area contributed by atoms with Crippen molar-refractivity contribution in [3.05, 3.63) is 23.2 Å². The Morgan fingerprint density at radius 1 is 1.56 bits per heavy atom. The molecule has 1 N–H and O–H groups in total. The molecule has 0 aliphatic heterocycles. The van der Waals surface area contributed by atoms with Crippen molar-refractivity contribution in [2.45, 2.75) is 12.8 Å². The van der Waals surface area contributed by atoms with Crippen LogP contribution < -0.4 is 5.32 Å². The Morgan fingerprint density at radius 3 is 2.75 bits per heavy atom. The maximum absolute atomic E-state index is 11.6. The van der Waals surface area contributed by atoms with Crippen molar-refractivity contribution < 1.29 is 9.21 Å². The summed E-state index contributed by atoms with van der Waals surface area (Å²) in [7, 11) is 3.91. The Labute approximate surface area is 101 Å². The van der Waals surface area contributed by atoms with Crippen LogP contribution in [-0.4, -0.2) is 38.0 Å². The van der Waals surface area contributed by atoms with E-state index in [0.29, 0.717) is 23.9 Å². The number of carbonyl (C=O) groups excluding carboxylic acids is 1. The van der Waals surface area contributed by atoms with E-state index in [0.717, 1.165) is 12.1 Å². The predicted octanol–water partition coefficient (Wildman–Crippen LogP) is 1.62. The first-order valence-electron chi connectivity index (χ1n) is 5.12. The number of hydrogen-bond acceptors (Lipinski definition) is 3. The van der Waals surface area contributed by atoms with Crippen LogP contribution in [0.15, 0.2) is 10.5 Å². The summed E-state index contributed by atoms with van der Waals surface area (Å²) in [5.74, 6) is 1.20. The van der Waals surface area contributed by atoms with E-state index in [9.17, 15) is 4.79 Å². The van der Waals surface area contributed by atoms with Gasteiger partial charge in [0.2, 0.25) is 0 Å². The quantitative estimate of drug-likeness (QED) is 0.801. The van der Waals surface area contributed by atoms with Crippen LogP contribution >= 0.6 is 11.6 Å². The molecule has 0 radical (unpaired) electrons. The predicted molar refractivity (Wildman–Crippen MR) is 63.9 cm³/mol. The minimum atomic E-state index is -0.193. The first kappa shape index (κ1) is 13.1. The summed E-state index contributed by atoms with van der Waals surface area (Å²) < 4.78 is 5.31. The molecule has 0 atom stereocenters. The molecule has 1 amide bonds. The lowest BCUT2D eigenvalue weighted by Crippen LogP contribution is -2.31. The maximum atomic E-state index is 11.6. The van der Waals surface area contributed by atoms with E-state index in [1.165, 1.54) is 0 Å². The number of hydrogen-bond donors (Lipinski definition) is 1. The van der Waals surface area contributed by atoms with Gasteiger partial charge in [-0.1, -0.05) is 0 Å². The van der Waals surface area contributed by atoms with Crippen LogP contribution in [0.2, 0.25) is 0 Å². The Morgan fingerprint density at radius 2 is 2.25 bits per heavy atom. The average Bonchev–Trinajstić information content (AvgIpc) is 2.59. The highest BCUT2D eigenvalue weighted by atomic mass is 35.5. The molecule has 16 heavy (non-hydrogen) atoms. The largest absolute Gasteiger partial charge is 0.456 e. The zero-order valence-corrected chi connectivity index (χ0v) is 10.6. The summed E-state index contributed by atoms with van der Waals surface area (Å²) in [6, 6.07) is 1.69. The van der Waals surface area contributed by atoms with Gasteiger partial charge in [0.1, 0.15) is 5.76 Å². The molecule has 1 aromatic rings. The lowest BCUT2D eigenvalue weighted by Gasteiger charge is -2.09. The Hall–Kier alpha value is -1.00. The number of likely N-dealkylation sites (N-methyl/N-ethyl adjacent to an activating group) is 1. The van der Waals surface area contributed by atoms with E-state index in [4.69, 9.17) is 16.0 Å². The second-order valence-corrected chi connectivity index (χ2v) is 4.15. The third kappa shape index (κ3) is 3.54. The molecule has 0 aromatic carbocycles. The van der Waals surface area contributed by atoms with Gasteiger partial charge in [-0.25, -0.2) is 0 Å². The summed E-state index contributed by atoms with van der Waals surface area (Å²) in [5.41, 5.74) is 0.861. The summed E-state index contributed by atoms with van der Waals surface area (Å²) in [4.78, 5) is 13.6. The van der Waals surface area contributed by atoms with Crippen LogP contribution in [-0.2, 0) is 5.88 Å². The highest BCUT2D eigenvalue weighted by Gasteiger charge is 2.13. The fraction of sp³-hybridized carbons (Fsp3) is 0.545. The maximum Gasteiger partial charge on any atom is 0.287 e. The van der Waals surface area contributed by atoms with Crippen LogP contribution in [0.25, 0.3) is 0 Å². The van der Waals surface area contributed by atoms with Crippen molar-refractivity contribution in [3.63, 3.8) is 0 Å². The topological polar surface area (TPSA) is 45.5 Å². The van der Waals surface area contributed by atoms with Crippen molar-refractivity contribution in [1.29, 1.82) is 0 Å². The van der Waals surface area contributed by atoms with E-state index < -0.39 is 0 Å². The lowest BCUT2D eigenvalue weighted by atomic mass is 10.3. The summed E-state index contributed by atoms with van der Waals surface area (Å²) in [6.45, 7) is 3.20. The van der Waals surface area contributed by atoms with Crippen LogP contribution in [0, 0.1) is 6.92 Å². The van der Waals surface area contributed by atoms with Gasteiger partial charge in [-0.3, -0.25) is 4.79 Å². The molecule has 0 bridgehead atoms. The average molecular weight is 245 g/mol. The molecular formula is C11H17ClN2O2. The Bertz CT molecular complexity index is 361. The van der Waals surface area contributed by atoms with Crippen molar-refractivity contribution in [2.75, 3.05) is 27.2 Å². The number of rotatable bonds is 5. The van der Waals surface area contributed by atoms with Crippen molar-refractivity contribution >= 4 is 17.5 Å². The van der Waals surface area contributed by atoms with E-state index in [1.807, 2.05) is 19.0 Å². The van der Waals surface area contributed by atoms with Gasteiger partial charge in [0, 0.05) is 18.7 Å². The molecule has 4 nitrogen and oxygen atoms in total. The first-order chi connectivity index (χ1) is 7.54. The molecule has 1 aromatic heterocycles. The van der Waals surface area contributed by atoms with Gasteiger partial charge < -0.3 is 14.6 Å². The Kier molecular flexibility index (Phi) is 4.83. The number of furan rings is 1. The van der Waals surface area contributed by atoms with Crippen LogP contribution in [0.5, 0.6) is 0 Å². The fourth-order valence-electron chi connectivity index (χ4n) is 1.24. The van der Waals surface area contributed by atoms with E-state index >= 15 is 0 Å². The number of aryl methyl sites for hydroxylation is 1. The van der Waals surface area contributed by atoms with Crippen molar-refractivity contribution in [3.8, 4) is 0 Å². The van der Waals surface area contributed by atoms with Gasteiger partial charge in [0.15, 0.2) is 5.76 Å². The van der Waals surface area contributed by atoms with Crippen LogP contribution in [0.4, 0.5) is 0 Å². The van der Waals surface area contributed by atoms with Crippen molar-refractivity contribution in [2.24, 2.45) is 0 Å². The van der Waals surface area contributed by atoms with Gasteiger partial charge in [0.25, 0.3) is 5.91 Å². The monoisotopic (exact) mass is 244 g/mol. The molecule has 0 saturated carbocycles. The minimum Gasteiger partial charge on any atom is -0.456 e. The van der Waals surface area contributed by atoms with Gasteiger partial charge in [-0.15, -0.1) is 11.6 Å². The number of halogens is 1. The highest BCUT2D eigenvalue weighted by molar-refractivity contribution is 6.17. The van der Waals surface area contributed by atoms with E-state index in [2.05, 4.69) is 5.32 Å². The molecule has 0 saturated heterocycles. The number of amides is 1. The standard InChI is InChI=1S/C11H17ClN2O2/c1-8-9(7-12)6-10(16-8)11(15)13-4-5-14(2)3/h6H,4-5,7H2,1-3H3,(H,13,15). The summed E-state index contributed by atoms with van der Waals surface area (Å²) in [5, 5.41) is 2.78. The Balaban J connectivity index is 2.52. The third-order valence-corrected chi connectivity index (χ3v) is 2.52. The number of nitrogens with one attached hydrogen (secondary N) is 1. The second-order valence-electron chi connectivity index (χ2n) is 3.88. The van der Waals surface area contributed by atoms with Gasteiger partial charge >= 0.3 is 0 Å². The van der Waals surface area contributed by atoms with Gasteiger partial charge in [-0.05, 0) is 27.1 Å². The molecule has 5 heteroatoms. The fourth-order valence-corrected chi connectivity index (χ4v) is 1.51. The SMILES string of the molecule is Cc1oc(C(=O)NCCN(C)C)cc1CCl. The zero-order valence-electron chi connectivity index (χ0n) is 9.84. The molecule has 0 unspecified atom stereocenters. The molecule has 0 fully saturated rings. The van der Waals surface area contributed by atoms with Crippen LogP contribution in [0.3, 0.4) is 0 Å². The van der Waals surface area contributed by atoms with Crippen LogP contribution in [0.1, 0.15) is 21.9 Å². The second kappa shape index (κ2) is 5.92.